The Balaban J connectivity index is 1.32. The molecule has 5 rings (SSSR count). The van der Waals surface area contributed by atoms with Crippen LogP contribution < -0.4 is 4.74 Å². The molecule has 0 radical (unpaired) electrons. The molecule has 43 heavy (non-hydrogen) atoms. The van der Waals surface area contributed by atoms with Gasteiger partial charge in [-0.05, 0) is 122 Å². The van der Waals surface area contributed by atoms with Crippen LogP contribution in [0.1, 0.15) is 131 Å². The smallest absolute Gasteiger partial charge is 0.343 e. The van der Waals surface area contributed by atoms with Crippen molar-refractivity contribution in [2.75, 3.05) is 6.61 Å². The topological polar surface area (TPSA) is 72.8 Å². The van der Waals surface area contributed by atoms with Crippen molar-refractivity contribution >= 4 is 11.9 Å². The molecule has 2 aromatic rings. The average Bonchev–Trinajstić information content (AvgIpc) is 3.40. The number of ether oxygens (including phenoxy) is 2. The Labute approximate surface area is 258 Å². The van der Waals surface area contributed by atoms with Crippen LogP contribution in [0.3, 0.4) is 0 Å². The second kappa shape index (κ2) is 14.9. The summed E-state index contributed by atoms with van der Waals surface area (Å²) in [5, 5.41) is 9.00. The van der Waals surface area contributed by atoms with E-state index in [2.05, 4.69) is 19.1 Å². The molecule has 234 valence electrons. The van der Waals surface area contributed by atoms with Crippen LogP contribution in [0.15, 0.2) is 48.5 Å². The van der Waals surface area contributed by atoms with E-state index in [1.54, 1.807) is 19.1 Å². The zero-order chi connectivity index (χ0) is 30.2. The van der Waals surface area contributed by atoms with Crippen LogP contribution in [-0.4, -0.2) is 29.8 Å². The van der Waals surface area contributed by atoms with E-state index in [0.717, 1.165) is 50.9 Å². The Morgan fingerprint density at radius 1 is 0.953 bits per heavy atom. The standard InChI is InChI=1S/C38H52O5/c1-27(40)42-31(16-11-6-4-3-5-7-12-23-39)26-30-24-29-25-32(43-37(41)28-14-9-8-10-15-28)18-19-33(29)34-20-22-38(2)21-13-17-35(38)36(30)34/h8-10,14-15,18-19,25,30-31,34-36,39H,3-7,11-13,16-17,20-24,26H2,1-2H3/t30-,31?,34+,35-,36+,38-/m0/s1. The van der Waals surface area contributed by atoms with Gasteiger partial charge < -0.3 is 14.6 Å². The predicted molar refractivity (Wildman–Crippen MR) is 170 cm³/mol. The monoisotopic (exact) mass is 588 g/mol. The normalized spacial score (nSPS) is 26.6. The second-order valence-corrected chi connectivity index (χ2v) is 13.9. The van der Waals surface area contributed by atoms with E-state index in [9.17, 15) is 9.59 Å². The fraction of sp³-hybridized carbons (Fsp3) is 0.632. The Bertz CT molecular complexity index is 1210. The van der Waals surface area contributed by atoms with Gasteiger partial charge >= 0.3 is 11.9 Å². The zero-order valence-corrected chi connectivity index (χ0v) is 26.4. The maximum Gasteiger partial charge on any atom is 0.343 e. The highest BCUT2D eigenvalue weighted by atomic mass is 16.5. The van der Waals surface area contributed by atoms with Crippen LogP contribution >= 0.6 is 0 Å². The summed E-state index contributed by atoms with van der Waals surface area (Å²) in [5.41, 5.74) is 3.73. The number of carbonyl (C=O) groups is 2. The van der Waals surface area contributed by atoms with Gasteiger partial charge in [0.05, 0.1) is 5.56 Å². The quantitative estimate of drug-likeness (QED) is 0.136. The van der Waals surface area contributed by atoms with Crippen LogP contribution in [0.25, 0.3) is 0 Å². The summed E-state index contributed by atoms with van der Waals surface area (Å²) in [6.07, 6.45) is 17.0. The van der Waals surface area contributed by atoms with Gasteiger partial charge in [0.2, 0.25) is 0 Å². The first-order chi connectivity index (χ1) is 20.9. The lowest BCUT2D eigenvalue weighted by molar-refractivity contribution is -0.148. The molecule has 0 spiro atoms. The van der Waals surface area contributed by atoms with Crippen LogP contribution in [-0.2, 0) is 16.0 Å². The lowest BCUT2D eigenvalue weighted by Gasteiger charge is -2.53. The first-order valence-corrected chi connectivity index (χ1v) is 17.1. The van der Waals surface area contributed by atoms with Crippen LogP contribution in [0, 0.1) is 23.2 Å². The average molecular weight is 589 g/mol. The SMILES string of the molecule is CC(=O)OC(CCCCCCCCCO)C[C@@H]1Cc2cc(OC(=O)c3ccccc3)ccc2[C@H]2CC[C@]3(C)CCC[C@H]3[C@H]12. The summed E-state index contributed by atoms with van der Waals surface area (Å²) in [6.45, 7) is 4.37. The van der Waals surface area contributed by atoms with Crippen molar-refractivity contribution in [3.8, 4) is 5.75 Å². The largest absolute Gasteiger partial charge is 0.463 e. The summed E-state index contributed by atoms with van der Waals surface area (Å²) in [5.74, 6) is 2.40. The molecule has 1 N–H and O–H groups in total. The maximum atomic E-state index is 12.8. The minimum Gasteiger partial charge on any atom is -0.463 e. The minimum absolute atomic E-state index is 0.0484. The van der Waals surface area contributed by atoms with Crippen molar-refractivity contribution in [1.82, 2.24) is 0 Å². The molecule has 0 saturated heterocycles. The number of unbranched alkanes of at least 4 members (excludes halogenated alkanes) is 6. The highest BCUT2D eigenvalue weighted by molar-refractivity contribution is 5.91. The zero-order valence-electron chi connectivity index (χ0n) is 26.4. The molecule has 1 unspecified atom stereocenters. The van der Waals surface area contributed by atoms with E-state index in [4.69, 9.17) is 14.6 Å². The molecule has 5 nitrogen and oxygen atoms in total. The van der Waals surface area contributed by atoms with E-state index < -0.39 is 0 Å². The summed E-state index contributed by atoms with van der Waals surface area (Å²) in [7, 11) is 0. The van der Waals surface area contributed by atoms with Crippen molar-refractivity contribution in [2.24, 2.45) is 23.2 Å². The van der Waals surface area contributed by atoms with Gasteiger partial charge in [0.25, 0.3) is 0 Å². The van der Waals surface area contributed by atoms with Crippen molar-refractivity contribution in [3.05, 3.63) is 65.2 Å². The third-order valence-electron chi connectivity index (χ3n) is 11.0. The Morgan fingerprint density at radius 3 is 2.44 bits per heavy atom. The fourth-order valence-corrected chi connectivity index (χ4v) is 8.95. The van der Waals surface area contributed by atoms with E-state index in [-0.39, 0.29) is 24.6 Å². The number of rotatable bonds is 14. The van der Waals surface area contributed by atoms with Gasteiger partial charge in [-0.15, -0.1) is 0 Å². The van der Waals surface area contributed by atoms with Gasteiger partial charge in [-0.3, -0.25) is 4.79 Å². The summed E-state index contributed by atoms with van der Waals surface area (Å²) in [6, 6.07) is 15.5. The molecule has 2 aromatic carbocycles. The van der Waals surface area contributed by atoms with E-state index in [1.165, 1.54) is 62.5 Å². The van der Waals surface area contributed by atoms with Gasteiger partial charge in [-0.1, -0.05) is 69.7 Å². The van der Waals surface area contributed by atoms with Crippen LogP contribution in [0.2, 0.25) is 0 Å². The molecule has 2 fully saturated rings. The fourth-order valence-electron chi connectivity index (χ4n) is 8.95. The highest BCUT2D eigenvalue weighted by Gasteiger charge is 2.53. The number of aliphatic hydroxyl groups excluding tert-OH is 1. The summed E-state index contributed by atoms with van der Waals surface area (Å²) >= 11 is 0. The Hall–Kier alpha value is -2.66. The number of benzene rings is 2. The molecule has 0 aromatic heterocycles. The molecule has 0 amide bonds. The van der Waals surface area contributed by atoms with E-state index >= 15 is 0 Å². The number of carbonyl (C=O) groups excluding carboxylic acids is 2. The van der Waals surface area contributed by atoms with Crippen molar-refractivity contribution in [1.29, 1.82) is 0 Å². The van der Waals surface area contributed by atoms with Gasteiger partial charge in [-0.25, -0.2) is 4.79 Å². The third-order valence-corrected chi connectivity index (χ3v) is 11.0. The molecule has 2 saturated carbocycles. The first-order valence-electron chi connectivity index (χ1n) is 17.1. The molecule has 0 aliphatic heterocycles. The number of aliphatic hydroxyl groups is 1. The van der Waals surface area contributed by atoms with E-state index in [1.807, 2.05) is 24.3 Å². The molecular formula is C38H52O5. The first kappa shape index (κ1) is 31.8. The molecule has 5 heteroatoms. The van der Waals surface area contributed by atoms with Crippen LogP contribution in [0.5, 0.6) is 5.75 Å². The number of fused-ring (bicyclic) bond motifs is 5. The Morgan fingerprint density at radius 2 is 1.70 bits per heavy atom. The van der Waals surface area contributed by atoms with Gasteiger partial charge in [0.1, 0.15) is 11.9 Å². The lowest BCUT2D eigenvalue weighted by atomic mass is 9.52. The molecule has 0 heterocycles. The van der Waals surface area contributed by atoms with E-state index in [0.29, 0.717) is 34.5 Å². The molecular weight excluding hydrogens is 536 g/mol. The maximum absolute atomic E-state index is 12.8. The second-order valence-electron chi connectivity index (χ2n) is 13.9. The summed E-state index contributed by atoms with van der Waals surface area (Å²) in [4.78, 5) is 25.0. The molecule has 3 aliphatic carbocycles. The minimum atomic E-state index is -0.325. The van der Waals surface area contributed by atoms with Crippen molar-refractivity contribution in [2.45, 2.75) is 122 Å². The molecule has 0 bridgehead atoms. The number of esters is 2. The highest BCUT2D eigenvalue weighted by Crippen LogP contribution is 2.62. The van der Waals surface area contributed by atoms with Gasteiger partial charge in [0.15, 0.2) is 0 Å². The predicted octanol–water partition coefficient (Wildman–Crippen LogP) is 8.81. The summed E-state index contributed by atoms with van der Waals surface area (Å²) < 4.78 is 11.8. The third kappa shape index (κ3) is 7.90. The van der Waals surface area contributed by atoms with Crippen LogP contribution in [0.4, 0.5) is 0 Å². The van der Waals surface area contributed by atoms with Gasteiger partial charge in [0, 0.05) is 13.5 Å². The molecule has 3 aliphatic rings. The number of hydrogen-bond donors (Lipinski definition) is 1. The number of hydrogen-bond acceptors (Lipinski definition) is 5. The lowest BCUT2D eigenvalue weighted by Crippen LogP contribution is -2.45. The molecule has 6 atom stereocenters. The van der Waals surface area contributed by atoms with Gasteiger partial charge in [-0.2, -0.15) is 0 Å². The Kier molecular flexibility index (Phi) is 11.0. The van der Waals surface area contributed by atoms with Crippen molar-refractivity contribution in [3.63, 3.8) is 0 Å². The van der Waals surface area contributed by atoms with Crippen molar-refractivity contribution < 1.29 is 24.2 Å².